The summed E-state index contributed by atoms with van der Waals surface area (Å²) in [6.45, 7) is 3.85. The van der Waals surface area contributed by atoms with Gasteiger partial charge in [0.15, 0.2) is 0 Å². The minimum Gasteiger partial charge on any atom is -0.316 e. The molecular weight excluding hydrogens is 192 g/mol. The summed E-state index contributed by atoms with van der Waals surface area (Å²) in [5.41, 5.74) is 0. The number of carbonyl (C=O) groups is 1. The SMILES string of the molecule is CC1CNCC1C(=O)Cc1ncnn1C. The van der Waals surface area contributed by atoms with Gasteiger partial charge in [-0.25, -0.2) is 4.98 Å². The third-order valence-electron chi connectivity index (χ3n) is 3.07. The summed E-state index contributed by atoms with van der Waals surface area (Å²) in [7, 11) is 1.81. The largest absolute Gasteiger partial charge is 0.316 e. The molecule has 2 atom stereocenters. The van der Waals surface area contributed by atoms with Gasteiger partial charge in [-0.1, -0.05) is 6.92 Å². The van der Waals surface area contributed by atoms with E-state index < -0.39 is 0 Å². The molecule has 2 heterocycles. The van der Waals surface area contributed by atoms with Crippen molar-refractivity contribution < 1.29 is 4.79 Å². The molecule has 82 valence electrons. The normalized spacial score (nSPS) is 25.7. The van der Waals surface area contributed by atoms with Crippen molar-refractivity contribution in [1.29, 1.82) is 0 Å². The Morgan fingerprint density at radius 2 is 2.47 bits per heavy atom. The summed E-state index contributed by atoms with van der Waals surface area (Å²) in [6, 6.07) is 0. The summed E-state index contributed by atoms with van der Waals surface area (Å²) in [5.74, 6) is 1.59. The zero-order valence-corrected chi connectivity index (χ0v) is 9.10. The maximum Gasteiger partial charge on any atom is 0.145 e. The predicted octanol–water partition coefficient (Wildman–Crippen LogP) is -0.218. The van der Waals surface area contributed by atoms with Crippen LogP contribution < -0.4 is 5.32 Å². The zero-order chi connectivity index (χ0) is 10.8. The second-order valence-electron chi connectivity index (χ2n) is 4.18. The van der Waals surface area contributed by atoms with E-state index in [-0.39, 0.29) is 11.7 Å². The van der Waals surface area contributed by atoms with Gasteiger partial charge in [-0.15, -0.1) is 0 Å². The van der Waals surface area contributed by atoms with Crippen molar-refractivity contribution in [1.82, 2.24) is 20.1 Å². The van der Waals surface area contributed by atoms with Crippen LogP contribution in [-0.2, 0) is 18.3 Å². The van der Waals surface area contributed by atoms with E-state index in [0.717, 1.165) is 18.9 Å². The van der Waals surface area contributed by atoms with Crippen LogP contribution in [0, 0.1) is 11.8 Å². The number of aromatic nitrogens is 3. The van der Waals surface area contributed by atoms with E-state index in [1.54, 1.807) is 4.68 Å². The van der Waals surface area contributed by atoms with E-state index in [2.05, 4.69) is 22.3 Å². The molecule has 0 amide bonds. The maximum atomic E-state index is 12.0. The van der Waals surface area contributed by atoms with Gasteiger partial charge in [-0.2, -0.15) is 5.10 Å². The first-order chi connectivity index (χ1) is 7.18. The zero-order valence-electron chi connectivity index (χ0n) is 9.10. The molecule has 2 unspecified atom stereocenters. The number of carbonyl (C=O) groups excluding carboxylic acids is 1. The third kappa shape index (κ3) is 2.07. The molecule has 1 aliphatic heterocycles. The first kappa shape index (κ1) is 10.3. The van der Waals surface area contributed by atoms with Gasteiger partial charge < -0.3 is 5.32 Å². The van der Waals surface area contributed by atoms with Crippen molar-refractivity contribution in [3.05, 3.63) is 12.2 Å². The second kappa shape index (κ2) is 4.10. The monoisotopic (exact) mass is 208 g/mol. The lowest BCUT2D eigenvalue weighted by Gasteiger charge is -2.11. The average molecular weight is 208 g/mol. The Morgan fingerprint density at radius 1 is 1.67 bits per heavy atom. The number of nitrogens with one attached hydrogen (secondary N) is 1. The molecule has 1 aromatic heterocycles. The van der Waals surface area contributed by atoms with Gasteiger partial charge >= 0.3 is 0 Å². The Labute approximate surface area is 88.9 Å². The average Bonchev–Trinajstić information content (AvgIpc) is 2.76. The second-order valence-corrected chi connectivity index (χ2v) is 4.18. The Balaban J connectivity index is 2.01. The molecule has 5 heteroatoms. The predicted molar refractivity (Wildman–Crippen MR) is 55.2 cm³/mol. The first-order valence-corrected chi connectivity index (χ1v) is 5.25. The molecule has 0 spiro atoms. The molecule has 0 radical (unpaired) electrons. The van der Waals surface area contributed by atoms with Crippen LogP contribution in [0.4, 0.5) is 0 Å². The van der Waals surface area contributed by atoms with Crippen molar-refractivity contribution in [3.8, 4) is 0 Å². The number of hydrogen-bond acceptors (Lipinski definition) is 4. The lowest BCUT2D eigenvalue weighted by molar-refractivity contribution is -0.122. The third-order valence-corrected chi connectivity index (χ3v) is 3.07. The van der Waals surface area contributed by atoms with E-state index >= 15 is 0 Å². The van der Waals surface area contributed by atoms with Crippen LogP contribution in [0.1, 0.15) is 12.7 Å². The van der Waals surface area contributed by atoms with Crippen molar-refractivity contribution in [2.24, 2.45) is 18.9 Å². The van der Waals surface area contributed by atoms with Gasteiger partial charge in [0.05, 0.1) is 6.42 Å². The Hall–Kier alpha value is -1.23. The lowest BCUT2D eigenvalue weighted by Crippen LogP contribution is -2.24. The molecule has 5 nitrogen and oxygen atoms in total. The van der Waals surface area contributed by atoms with Crippen LogP contribution in [0.25, 0.3) is 0 Å². The van der Waals surface area contributed by atoms with Gasteiger partial charge in [0, 0.05) is 19.5 Å². The fourth-order valence-corrected chi connectivity index (χ4v) is 2.01. The molecule has 1 aromatic rings. The number of ketones is 1. The van der Waals surface area contributed by atoms with Crippen LogP contribution >= 0.6 is 0 Å². The van der Waals surface area contributed by atoms with E-state index in [4.69, 9.17) is 0 Å². The van der Waals surface area contributed by atoms with Crippen molar-refractivity contribution >= 4 is 5.78 Å². The minimum atomic E-state index is 0.140. The van der Waals surface area contributed by atoms with Gasteiger partial charge in [0.25, 0.3) is 0 Å². The van der Waals surface area contributed by atoms with Crippen LogP contribution in [0.15, 0.2) is 6.33 Å². The number of aryl methyl sites for hydroxylation is 1. The lowest BCUT2D eigenvalue weighted by atomic mass is 9.92. The summed E-state index contributed by atoms with van der Waals surface area (Å²) >= 11 is 0. The highest BCUT2D eigenvalue weighted by molar-refractivity contribution is 5.83. The molecule has 0 aliphatic carbocycles. The summed E-state index contributed by atoms with van der Waals surface area (Å²) in [4.78, 5) is 16.0. The molecule has 1 aliphatic rings. The fraction of sp³-hybridized carbons (Fsp3) is 0.700. The summed E-state index contributed by atoms with van der Waals surface area (Å²) in [6.07, 6.45) is 1.88. The summed E-state index contributed by atoms with van der Waals surface area (Å²) in [5, 5.41) is 7.19. The maximum absolute atomic E-state index is 12.0. The number of nitrogens with zero attached hydrogens (tertiary/aromatic N) is 3. The standard InChI is InChI=1S/C10H16N4O/c1-7-4-11-5-8(7)9(15)3-10-12-6-13-14(10)2/h6-8,11H,3-5H2,1-2H3. The Kier molecular flexibility index (Phi) is 2.81. The van der Waals surface area contributed by atoms with Gasteiger partial charge in [0.1, 0.15) is 17.9 Å². The highest BCUT2D eigenvalue weighted by Gasteiger charge is 2.29. The number of hydrogen-bond donors (Lipinski definition) is 1. The van der Waals surface area contributed by atoms with Gasteiger partial charge in [0.2, 0.25) is 0 Å². The van der Waals surface area contributed by atoms with Crippen LogP contribution in [0.3, 0.4) is 0 Å². The van der Waals surface area contributed by atoms with Crippen molar-refractivity contribution in [2.45, 2.75) is 13.3 Å². The molecule has 0 aromatic carbocycles. The highest BCUT2D eigenvalue weighted by Crippen LogP contribution is 2.18. The Bertz CT molecular complexity index is 360. The van der Waals surface area contributed by atoms with E-state index in [0.29, 0.717) is 12.3 Å². The highest BCUT2D eigenvalue weighted by atomic mass is 16.1. The van der Waals surface area contributed by atoms with E-state index in [1.165, 1.54) is 6.33 Å². The van der Waals surface area contributed by atoms with Crippen molar-refractivity contribution in [3.63, 3.8) is 0 Å². The smallest absolute Gasteiger partial charge is 0.145 e. The van der Waals surface area contributed by atoms with Crippen LogP contribution in [-0.4, -0.2) is 33.6 Å². The van der Waals surface area contributed by atoms with Crippen molar-refractivity contribution in [2.75, 3.05) is 13.1 Å². The summed E-state index contributed by atoms with van der Waals surface area (Å²) < 4.78 is 1.66. The first-order valence-electron chi connectivity index (χ1n) is 5.25. The minimum absolute atomic E-state index is 0.140. The number of Topliss-reactive ketones (excluding diaryl/α,β-unsaturated/α-hetero) is 1. The van der Waals surface area contributed by atoms with Gasteiger partial charge in [-0.05, 0) is 12.5 Å². The number of rotatable bonds is 3. The molecule has 0 saturated carbocycles. The van der Waals surface area contributed by atoms with Gasteiger partial charge in [-0.3, -0.25) is 9.48 Å². The molecule has 15 heavy (non-hydrogen) atoms. The van der Waals surface area contributed by atoms with Crippen LogP contribution in [0.2, 0.25) is 0 Å². The van der Waals surface area contributed by atoms with E-state index in [1.807, 2.05) is 7.05 Å². The molecule has 2 rings (SSSR count). The topological polar surface area (TPSA) is 59.8 Å². The Morgan fingerprint density at radius 3 is 3.00 bits per heavy atom. The van der Waals surface area contributed by atoms with E-state index in [9.17, 15) is 4.79 Å². The quantitative estimate of drug-likeness (QED) is 0.746. The fourth-order valence-electron chi connectivity index (χ4n) is 2.01. The van der Waals surface area contributed by atoms with Crippen LogP contribution in [0.5, 0.6) is 0 Å². The molecule has 1 N–H and O–H groups in total. The molecule has 0 bridgehead atoms. The molecular formula is C10H16N4O. The molecule has 1 saturated heterocycles. The molecule has 1 fully saturated rings.